The molecule has 0 bridgehead atoms. The van der Waals surface area contributed by atoms with Gasteiger partial charge in [-0.25, -0.2) is 0 Å². The van der Waals surface area contributed by atoms with Crippen molar-refractivity contribution in [1.82, 2.24) is 0 Å². The van der Waals surface area contributed by atoms with Crippen LogP contribution in [0.4, 0.5) is 11.4 Å². The molecule has 3 aromatic rings. The summed E-state index contributed by atoms with van der Waals surface area (Å²) in [6, 6.07) is 19.6. The predicted molar refractivity (Wildman–Crippen MR) is 129 cm³/mol. The van der Waals surface area contributed by atoms with E-state index in [2.05, 4.69) is 10.6 Å². The zero-order chi connectivity index (χ0) is 22.2. The molecule has 5 rings (SSSR count). The summed E-state index contributed by atoms with van der Waals surface area (Å²) in [4.78, 5) is 26.0. The molecule has 0 aromatic heterocycles. The standard InChI is InChI=1S/C26H20Cl2N2O2/c27-17-8-4-9-18(28)23(17)25-24-20(10-5-11-22(24)31)29-21-14-16(12-13-19(21)30-25)26(32)15-6-2-1-3-7-15/h1-4,6-10,12-14,24-25,29-30H,5,11H2/t24-,25-/m1/s1. The van der Waals surface area contributed by atoms with E-state index in [1.807, 2.05) is 36.4 Å². The summed E-state index contributed by atoms with van der Waals surface area (Å²) in [6.07, 6.45) is 3.18. The lowest BCUT2D eigenvalue weighted by Gasteiger charge is -2.30. The van der Waals surface area contributed by atoms with Crippen LogP contribution >= 0.6 is 23.2 Å². The molecule has 0 saturated carbocycles. The first kappa shape index (κ1) is 20.8. The molecule has 0 fully saturated rings. The number of benzene rings is 3. The molecule has 32 heavy (non-hydrogen) atoms. The fourth-order valence-corrected chi connectivity index (χ4v) is 5.08. The topological polar surface area (TPSA) is 58.2 Å². The number of anilines is 2. The van der Waals surface area contributed by atoms with E-state index in [4.69, 9.17) is 23.2 Å². The van der Waals surface area contributed by atoms with Crippen LogP contribution in [0, 0.1) is 5.92 Å². The van der Waals surface area contributed by atoms with Gasteiger partial charge in [-0.3, -0.25) is 9.59 Å². The Hall–Kier alpha value is -3.08. The molecular formula is C26H20Cl2N2O2. The number of rotatable bonds is 3. The zero-order valence-corrected chi connectivity index (χ0v) is 18.6. The molecule has 6 heteroatoms. The van der Waals surface area contributed by atoms with Gasteiger partial charge in [0.1, 0.15) is 5.78 Å². The molecule has 0 amide bonds. The molecule has 0 saturated heterocycles. The van der Waals surface area contributed by atoms with E-state index in [9.17, 15) is 9.59 Å². The number of ketones is 2. The van der Waals surface area contributed by atoms with Crippen molar-refractivity contribution in [2.24, 2.45) is 5.92 Å². The molecule has 1 heterocycles. The number of carbonyl (C=O) groups is 2. The van der Waals surface area contributed by atoms with Crippen molar-refractivity contribution in [2.45, 2.75) is 18.9 Å². The lowest BCUT2D eigenvalue weighted by Crippen LogP contribution is -2.32. The Balaban J connectivity index is 1.61. The number of carbonyl (C=O) groups excluding carboxylic acids is 2. The maximum Gasteiger partial charge on any atom is 0.193 e. The summed E-state index contributed by atoms with van der Waals surface area (Å²) in [7, 11) is 0. The summed E-state index contributed by atoms with van der Waals surface area (Å²) in [5, 5.41) is 7.92. The summed E-state index contributed by atoms with van der Waals surface area (Å²) in [6.45, 7) is 0. The fourth-order valence-electron chi connectivity index (χ4n) is 4.44. The Morgan fingerprint density at radius 3 is 2.38 bits per heavy atom. The zero-order valence-electron chi connectivity index (χ0n) is 17.1. The first-order valence-corrected chi connectivity index (χ1v) is 11.2. The molecule has 0 spiro atoms. The van der Waals surface area contributed by atoms with E-state index >= 15 is 0 Å². The van der Waals surface area contributed by atoms with Gasteiger partial charge in [0, 0.05) is 38.9 Å². The maximum absolute atomic E-state index is 13.0. The van der Waals surface area contributed by atoms with Crippen LogP contribution in [0.2, 0.25) is 10.0 Å². The van der Waals surface area contributed by atoms with Gasteiger partial charge >= 0.3 is 0 Å². The third kappa shape index (κ3) is 3.70. The van der Waals surface area contributed by atoms with E-state index in [0.29, 0.717) is 39.6 Å². The minimum atomic E-state index is -0.457. The molecule has 3 aromatic carbocycles. The normalized spacial score (nSPS) is 19.6. The minimum absolute atomic E-state index is 0.0598. The molecule has 4 nitrogen and oxygen atoms in total. The first-order chi connectivity index (χ1) is 15.5. The Bertz CT molecular complexity index is 1230. The van der Waals surface area contributed by atoms with E-state index < -0.39 is 12.0 Å². The Morgan fingerprint density at radius 1 is 0.875 bits per heavy atom. The number of hydrogen-bond donors (Lipinski definition) is 2. The quantitative estimate of drug-likeness (QED) is 0.426. The second kappa shape index (κ2) is 8.45. The Labute approximate surface area is 196 Å². The lowest BCUT2D eigenvalue weighted by atomic mass is 9.82. The highest BCUT2D eigenvalue weighted by Gasteiger charge is 2.39. The Morgan fingerprint density at radius 2 is 1.62 bits per heavy atom. The molecule has 0 radical (unpaired) electrons. The van der Waals surface area contributed by atoms with Gasteiger partial charge in [-0.2, -0.15) is 0 Å². The number of Topliss-reactive ketones (excluding diaryl/α,β-unsaturated/α-hetero) is 1. The van der Waals surface area contributed by atoms with Crippen LogP contribution in [0.15, 0.2) is 78.5 Å². The molecule has 2 atom stereocenters. The summed E-state index contributed by atoms with van der Waals surface area (Å²) in [5.41, 5.74) is 4.21. The third-order valence-electron chi connectivity index (χ3n) is 5.99. The van der Waals surface area contributed by atoms with E-state index in [1.165, 1.54) is 0 Å². The predicted octanol–water partition coefficient (Wildman–Crippen LogP) is 6.67. The van der Waals surface area contributed by atoms with Gasteiger partial charge in [0.15, 0.2) is 5.78 Å². The number of allylic oxidation sites excluding steroid dienone is 1. The average molecular weight is 463 g/mol. The lowest BCUT2D eigenvalue weighted by molar-refractivity contribution is -0.122. The largest absolute Gasteiger partial charge is 0.375 e. The van der Waals surface area contributed by atoms with Crippen LogP contribution in [0.3, 0.4) is 0 Å². The Kier molecular flexibility index (Phi) is 5.50. The molecular weight excluding hydrogens is 443 g/mol. The van der Waals surface area contributed by atoms with Crippen LogP contribution in [-0.2, 0) is 4.79 Å². The van der Waals surface area contributed by atoms with Crippen LogP contribution in [0.25, 0.3) is 0 Å². The second-order valence-electron chi connectivity index (χ2n) is 7.98. The van der Waals surface area contributed by atoms with Gasteiger partial charge in [-0.1, -0.05) is 65.7 Å². The van der Waals surface area contributed by atoms with Gasteiger partial charge in [0.25, 0.3) is 0 Å². The molecule has 2 aliphatic rings. The van der Waals surface area contributed by atoms with Crippen molar-refractivity contribution in [3.63, 3.8) is 0 Å². The number of fused-ring (bicyclic) bond motifs is 2. The van der Waals surface area contributed by atoms with Crippen molar-refractivity contribution >= 4 is 46.1 Å². The van der Waals surface area contributed by atoms with Gasteiger partial charge in [-0.05, 0) is 36.8 Å². The van der Waals surface area contributed by atoms with Crippen LogP contribution in [-0.4, -0.2) is 11.6 Å². The first-order valence-electron chi connectivity index (χ1n) is 10.5. The van der Waals surface area contributed by atoms with Gasteiger partial charge in [0.05, 0.1) is 23.3 Å². The highest BCUT2D eigenvalue weighted by molar-refractivity contribution is 6.36. The highest BCUT2D eigenvalue weighted by Crippen LogP contribution is 2.45. The van der Waals surface area contributed by atoms with Crippen molar-refractivity contribution in [3.8, 4) is 0 Å². The van der Waals surface area contributed by atoms with Gasteiger partial charge in [-0.15, -0.1) is 0 Å². The highest BCUT2D eigenvalue weighted by atomic mass is 35.5. The summed E-state index contributed by atoms with van der Waals surface area (Å²) >= 11 is 13.1. The molecule has 2 N–H and O–H groups in total. The summed E-state index contributed by atoms with van der Waals surface area (Å²) in [5.74, 6) is -0.394. The molecule has 1 aliphatic carbocycles. The SMILES string of the molecule is O=C(c1ccccc1)c1ccc2c(c1)NC1=CCCC(=O)[C@@H]1[C@@H](c1c(Cl)cccc1Cl)N2. The monoisotopic (exact) mass is 462 g/mol. The number of nitrogens with one attached hydrogen (secondary N) is 2. The second-order valence-corrected chi connectivity index (χ2v) is 8.79. The molecule has 160 valence electrons. The van der Waals surface area contributed by atoms with Gasteiger partial charge < -0.3 is 10.6 Å². The smallest absolute Gasteiger partial charge is 0.193 e. The number of halogens is 2. The van der Waals surface area contributed by atoms with E-state index in [1.54, 1.807) is 36.4 Å². The number of hydrogen-bond acceptors (Lipinski definition) is 4. The maximum atomic E-state index is 13.0. The van der Waals surface area contributed by atoms with Crippen molar-refractivity contribution < 1.29 is 9.59 Å². The van der Waals surface area contributed by atoms with Crippen LogP contribution in [0.5, 0.6) is 0 Å². The van der Waals surface area contributed by atoms with E-state index in [0.717, 1.165) is 17.1 Å². The summed E-state index contributed by atoms with van der Waals surface area (Å²) < 4.78 is 0. The van der Waals surface area contributed by atoms with Crippen LogP contribution in [0.1, 0.15) is 40.4 Å². The molecule has 0 unspecified atom stereocenters. The minimum Gasteiger partial charge on any atom is -0.375 e. The molecule has 1 aliphatic heterocycles. The third-order valence-corrected chi connectivity index (χ3v) is 6.65. The fraction of sp³-hybridized carbons (Fsp3) is 0.154. The van der Waals surface area contributed by atoms with Crippen LogP contribution < -0.4 is 10.6 Å². The van der Waals surface area contributed by atoms with Crippen molar-refractivity contribution in [1.29, 1.82) is 0 Å². The van der Waals surface area contributed by atoms with Crippen molar-refractivity contribution in [2.75, 3.05) is 10.6 Å². The van der Waals surface area contributed by atoms with Gasteiger partial charge in [0.2, 0.25) is 0 Å². The van der Waals surface area contributed by atoms with Crippen molar-refractivity contribution in [3.05, 3.63) is 105 Å². The average Bonchev–Trinajstić information content (AvgIpc) is 2.96. The van der Waals surface area contributed by atoms with E-state index in [-0.39, 0.29) is 11.6 Å².